The molecule has 0 unspecified atom stereocenters. The van der Waals surface area contributed by atoms with Gasteiger partial charge in [0, 0.05) is 57.5 Å². The average Bonchev–Trinajstić information content (AvgIpc) is 3.23. The number of nitrogens with zero attached hydrogens (tertiary/aromatic N) is 4. The smallest absolute Gasteiger partial charge is 0.264 e. The van der Waals surface area contributed by atoms with Crippen LogP contribution in [0.2, 0.25) is 5.02 Å². The van der Waals surface area contributed by atoms with Crippen LogP contribution < -0.4 is 14.5 Å². The standard InChI is InChI=1S/C27H32ClN5O4S.2H2/c1-18-19(2)29-37-26(18)30-38(35,36)24-9-7-23(8-10-24)31-13-15-32(16-14-31)27(34)20(3)33-12-4-5-21-17-22(28)6-11-25(21)33;;/h6-11,17,20,30H,4-5,12-16H2,1-3H3;2*1H/t20-;;/m0../s1. The molecule has 2 aromatic carbocycles. The summed E-state index contributed by atoms with van der Waals surface area (Å²) in [7, 11) is -3.80. The van der Waals surface area contributed by atoms with Crippen LogP contribution in [0.5, 0.6) is 0 Å². The van der Waals surface area contributed by atoms with Crippen molar-refractivity contribution < 1.29 is 20.6 Å². The Morgan fingerprint density at radius 2 is 1.79 bits per heavy atom. The number of hydrogen-bond donors (Lipinski definition) is 1. The lowest BCUT2D eigenvalue weighted by Crippen LogP contribution is -2.55. The molecule has 0 saturated carbocycles. The molecule has 0 radical (unpaired) electrons. The molecule has 2 aliphatic rings. The number of nitrogens with one attached hydrogen (secondary N) is 1. The number of fused-ring (bicyclic) bond motifs is 1. The highest BCUT2D eigenvalue weighted by Crippen LogP contribution is 2.32. The van der Waals surface area contributed by atoms with Crippen LogP contribution in [0.3, 0.4) is 0 Å². The molecular formula is C27H36ClN5O4S. The third kappa shape index (κ3) is 5.19. The average molecular weight is 562 g/mol. The SMILES string of the molecule is Cc1noc(NS(=O)(=O)c2ccc(N3CCN(C(=O)[C@H](C)N4CCCc5cc(Cl)ccc54)CC3)cc2)c1C.[HH].[HH]. The van der Waals surface area contributed by atoms with Crippen LogP contribution >= 0.6 is 11.6 Å². The topological polar surface area (TPSA) is 99.0 Å². The molecule has 5 rings (SSSR count). The molecule has 2 aliphatic heterocycles. The van der Waals surface area contributed by atoms with E-state index in [1.807, 2.05) is 30.0 Å². The number of carbonyl (C=O) groups excluding carboxylic acids is 1. The summed E-state index contributed by atoms with van der Waals surface area (Å²) in [4.78, 5) is 19.8. The fraction of sp³-hybridized carbons (Fsp3) is 0.407. The molecule has 38 heavy (non-hydrogen) atoms. The van der Waals surface area contributed by atoms with Crippen molar-refractivity contribution in [3.8, 4) is 0 Å². The highest BCUT2D eigenvalue weighted by Gasteiger charge is 2.31. The number of anilines is 3. The molecule has 0 bridgehead atoms. The van der Waals surface area contributed by atoms with E-state index in [4.69, 9.17) is 16.1 Å². The minimum atomic E-state index is -3.80. The van der Waals surface area contributed by atoms with Crippen LogP contribution in [-0.4, -0.2) is 63.1 Å². The highest BCUT2D eigenvalue weighted by molar-refractivity contribution is 7.92. The van der Waals surface area contributed by atoms with Crippen molar-refractivity contribution in [3.05, 3.63) is 64.3 Å². The van der Waals surface area contributed by atoms with Crippen LogP contribution in [0.15, 0.2) is 51.9 Å². The predicted octanol–water partition coefficient (Wildman–Crippen LogP) is 4.73. The molecule has 3 heterocycles. The lowest BCUT2D eigenvalue weighted by atomic mass is 10.00. The maximum absolute atomic E-state index is 13.4. The summed E-state index contributed by atoms with van der Waals surface area (Å²) in [5.41, 5.74) is 4.49. The summed E-state index contributed by atoms with van der Waals surface area (Å²) in [5, 5.41) is 4.52. The van der Waals surface area contributed by atoms with E-state index in [-0.39, 0.29) is 25.6 Å². The Morgan fingerprint density at radius 1 is 1.08 bits per heavy atom. The van der Waals surface area contributed by atoms with Gasteiger partial charge in [0.15, 0.2) is 0 Å². The Kier molecular flexibility index (Phi) is 7.28. The fourth-order valence-electron chi connectivity index (χ4n) is 5.11. The van der Waals surface area contributed by atoms with Gasteiger partial charge in [-0.3, -0.25) is 4.79 Å². The Hall–Kier alpha value is -3.24. The molecule has 11 heteroatoms. The first-order valence-electron chi connectivity index (χ1n) is 12.8. The Morgan fingerprint density at radius 3 is 2.45 bits per heavy atom. The number of piperazine rings is 1. The second-order valence-corrected chi connectivity index (χ2v) is 12.0. The Balaban J connectivity index is 0.00000220. The normalized spacial score (nSPS) is 16.8. The van der Waals surface area contributed by atoms with E-state index in [1.165, 1.54) is 5.56 Å². The number of aromatic nitrogens is 1. The van der Waals surface area contributed by atoms with Crippen LogP contribution in [0.25, 0.3) is 0 Å². The minimum absolute atomic E-state index is 0. The number of sulfonamides is 1. The Labute approximate surface area is 231 Å². The minimum Gasteiger partial charge on any atom is -0.368 e. The van der Waals surface area contributed by atoms with Gasteiger partial charge in [-0.1, -0.05) is 16.8 Å². The first-order chi connectivity index (χ1) is 18.1. The van der Waals surface area contributed by atoms with Crippen LogP contribution in [-0.2, 0) is 21.2 Å². The molecule has 1 N–H and O–H groups in total. The maximum Gasteiger partial charge on any atom is 0.264 e. The molecule has 9 nitrogen and oxygen atoms in total. The molecule has 1 aromatic heterocycles. The van der Waals surface area contributed by atoms with E-state index in [0.717, 1.165) is 35.8 Å². The number of aryl methyl sites for hydroxylation is 2. The van der Waals surface area contributed by atoms with Gasteiger partial charge in [-0.2, -0.15) is 0 Å². The molecule has 1 saturated heterocycles. The van der Waals surface area contributed by atoms with Gasteiger partial charge in [0.2, 0.25) is 11.8 Å². The first kappa shape index (κ1) is 26.4. The quantitative estimate of drug-likeness (QED) is 0.464. The molecule has 206 valence electrons. The van der Waals surface area contributed by atoms with Crippen LogP contribution in [0, 0.1) is 13.8 Å². The lowest BCUT2D eigenvalue weighted by molar-refractivity contribution is -0.132. The van der Waals surface area contributed by atoms with Crippen molar-refractivity contribution in [2.75, 3.05) is 47.2 Å². The van der Waals surface area contributed by atoms with E-state index >= 15 is 0 Å². The van der Waals surface area contributed by atoms with Gasteiger partial charge < -0.3 is 19.2 Å². The molecule has 1 atom stereocenters. The molecule has 1 amide bonds. The van der Waals surface area contributed by atoms with Crippen LogP contribution in [0.4, 0.5) is 17.3 Å². The van der Waals surface area contributed by atoms with Crippen molar-refractivity contribution >= 4 is 44.8 Å². The van der Waals surface area contributed by atoms with E-state index in [9.17, 15) is 13.2 Å². The summed E-state index contributed by atoms with van der Waals surface area (Å²) < 4.78 is 33.1. The summed E-state index contributed by atoms with van der Waals surface area (Å²) >= 11 is 6.19. The van der Waals surface area contributed by atoms with Crippen molar-refractivity contribution in [3.63, 3.8) is 0 Å². The second kappa shape index (κ2) is 10.5. The van der Waals surface area contributed by atoms with Crippen molar-refractivity contribution in [2.45, 2.75) is 44.6 Å². The second-order valence-electron chi connectivity index (χ2n) is 9.88. The number of rotatable bonds is 6. The third-order valence-corrected chi connectivity index (χ3v) is 9.09. The molecule has 0 aliphatic carbocycles. The van der Waals surface area contributed by atoms with E-state index in [1.54, 1.807) is 38.1 Å². The zero-order valence-electron chi connectivity index (χ0n) is 21.8. The van der Waals surface area contributed by atoms with Crippen molar-refractivity contribution in [1.29, 1.82) is 0 Å². The number of halogens is 1. The van der Waals surface area contributed by atoms with Crippen LogP contribution in [0.1, 0.15) is 33.0 Å². The van der Waals surface area contributed by atoms with E-state index < -0.39 is 10.0 Å². The monoisotopic (exact) mass is 561 g/mol. The first-order valence-corrected chi connectivity index (χ1v) is 14.6. The number of hydrogen-bond acceptors (Lipinski definition) is 7. The fourth-order valence-corrected chi connectivity index (χ4v) is 6.35. The lowest BCUT2D eigenvalue weighted by Gasteiger charge is -2.41. The van der Waals surface area contributed by atoms with Crippen molar-refractivity contribution in [2.24, 2.45) is 0 Å². The zero-order chi connectivity index (χ0) is 27.0. The van der Waals surface area contributed by atoms with Crippen molar-refractivity contribution in [1.82, 2.24) is 10.1 Å². The van der Waals surface area contributed by atoms with Gasteiger partial charge in [0.05, 0.1) is 10.6 Å². The van der Waals surface area contributed by atoms with Gasteiger partial charge in [-0.15, -0.1) is 0 Å². The number of carbonyl (C=O) groups is 1. The molecule has 0 spiro atoms. The van der Waals surface area contributed by atoms with E-state index in [0.29, 0.717) is 37.4 Å². The van der Waals surface area contributed by atoms with Gasteiger partial charge in [0.1, 0.15) is 6.04 Å². The summed E-state index contributed by atoms with van der Waals surface area (Å²) in [6.07, 6.45) is 1.97. The predicted molar refractivity (Wildman–Crippen MR) is 153 cm³/mol. The zero-order valence-corrected chi connectivity index (χ0v) is 23.3. The number of benzene rings is 2. The molecule has 3 aromatic rings. The van der Waals surface area contributed by atoms with Gasteiger partial charge >= 0.3 is 0 Å². The molecule has 1 fully saturated rings. The summed E-state index contributed by atoms with van der Waals surface area (Å²) in [6.45, 7) is 8.89. The summed E-state index contributed by atoms with van der Waals surface area (Å²) in [5.74, 6) is 0.247. The third-order valence-electron chi connectivity index (χ3n) is 7.51. The number of amides is 1. The summed E-state index contributed by atoms with van der Waals surface area (Å²) in [6, 6.07) is 12.4. The van der Waals surface area contributed by atoms with Gasteiger partial charge in [-0.05, 0) is 81.6 Å². The largest absolute Gasteiger partial charge is 0.368 e. The maximum atomic E-state index is 13.4. The van der Waals surface area contributed by atoms with E-state index in [2.05, 4.69) is 19.7 Å². The van der Waals surface area contributed by atoms with Gasteiger partial charge in [0.25, 0.3) is 10.0 Å². The highest BCUT2D eigenvalue weighted by atomic mass is 35.5. The Bertz CT molecular complexity index is 1440. The molecular weight excluding hydrogens is 526 g/mol. The van der Waals surface area contributed by atoms with Gasteiger partial charge in [-0.25, -0.2) is 13.1 Å².